The lowest BCUT2D eigenvalue weighted by molar-refractivity contribution is 0.0889. The summed E-state index contributed by atoms with van der Waals surface area (Å²) in [6.45, 7) is 5.75. The van der Waals surface area contributed by atoms with Crippen LogP contribution in [0.15, 0.2) is 36.4 Å². The molecule has 1 aromatic heterocycles. The van der Waals surface area contributed by atoms with E-state index in [-0.39, 0.29) is 23.1 Å². The van der Waals surface area contributed by atoms with Crippen LogP contribution in [-0.2, 0) is 0 Å². The van der Waals surface area contributed by atoms with Gasteiger partial charge in [-0.1, -0.05) is 19.9 Å². The van der Waals surface area contributed by atoms with Crippen LogP contribution in [0.4, 0.5) is 10.1 Å². The number of carbonyl (C=O) groups excluding carboxylic acids is 2. The van der Waals surface area contributed by atoms with Gasteiger partial charge in [-0.15, -0.1) is 0 Å². The second-order valence-corrected chi connectivity index (χ2v) is 7.12. The molecule has 0 bridgehead atoms. The van der Waals surface area contributed by atoms with Crippen molar-refractivity contribution in [2.75, 3.05) is 5.73 Å². The molecule has 5 nitrogen and oxygen atoms in total. The molecule has 140 valence electrons. The number of hydrogen-bond donors (Lipinski definition) is 2. The van der Waals surface area contributed by atoms with E-state index in [1.807, 2.05) is 20.8 Å². The lowest BCUT2D eigenvalue weighted by Gasteiger charge is -2.10. The van der Waals surface area contributed by atoms with Gasteiger partial charge in [0.25, 0.3) is 5.91 Å². The zero-order valence-corrected chi connectivity index (χ0v) is 15.5. The molecule has 0 aliphatic rings. The van der Waals surface area contributed by atoms with Crippen molar-refractivity contribution in [2.24, 2.45) is 11.7 Å². The third kappa shape index (κ3) is 3.30. The Morgan fingerprint density at radius 1 is 1.15 bits per heavy atom. The Kier molecular flexibility index (Phi) is 4.74. The number of rotatable bonds is 4. The Hall–Kier alpha value is -3.15. The molecule has 0 aliphatic carbocycles. The van der Waals surface area contributed by atoms with Crippen LogP contribution in [0.3, 0.4) is 0 Å². The maximum Gasteiger partial charge on any atom is 0.250 e. The van der Waals surface area contributed by atoms with E-state index in [0.717, 1.165) is 16.5 Å². The van der Waals surface area contributed by atoms with Crippen molar-refractivity contribution in [3.05, 3.63) is 53.5 Å². The highest BCUT2D eigenvalue weighted by molar-refractivity contribution is 6.05. The van der Waals surface area contributed by atoms with Crippen LogP contribution in [0.5, 0.6) is 0 Å². The minimum Gasteiger partial charge on any atom is -0.398 e. The first-order valence-corrected chi connectivity index (χ1v) is 8.74. The predicted molar refractivity (Wildman–Crippen MR) is 105 cm³/mol. The van der Waals surface area contributed by atoms with E-state index in [2.05, 4.69) is 0 Å². The van der Waals surface area contributed by atoms with Crippen LogP contribution < -0.4 is 11.5 Å². The molecule has 3 aromatic rings. The summed E-state index contributed by atoms with van der Waals surface area (Å²) in [6, 6.07) is 9.34. The summed E-state index contributed by atoms with van der Waals surface area (Å²) in [5, 5.41) is 0.747. The standard InChI is InChI=1S/C21H22FN3O2/c1-11(2)8-19(26)25-12(3)20(16-7-5-14(22)10-18(16)25)13-4-6-15(21(24)27)17(23)9-13/h4-7,9-11H,8,23H2,1-3H3,(H2,24,27). The minimum atomic E-state index is -0.604. The highest BCUT2D eigenvalue weighted by atomic mass is 19.1. The first-order chi connectivity index (χ1) is 12.7. The monoisotopic (exact) mass is 367 g/mol. The number of anilines is 1. The van der Waals surface area contributed by atoms with Crippen LogP contribution in [0.25, 0.3) is 22.0 Å². The molecule has 1 amide bonds. The smallest absolute Gasteiger partial charge is 0.250 e. The third-order valence-electron chi connectivity index (χ3n) is 4.61. The lowest BCUT2D eigenvalue weighted by Crippen LogP contribution is -2.14. The van der Waals surface area contributed by atoms with Gasteiger partial charge in [0.05, 0.1) is 11.1 Å². The number of amides is 1. The van der Waals surface area contributed by atoms with E-state index in [1.165, 1.54) is 12.1 Å². The van der Waals surface area contributed by atoms with Crippen LogP contribution in [0.2, 0.25) is 0 Å². The van der Waals surface area contributed by atoms with Crippen molar-refractivity contribution >= 4 is 28.4 Å². The fraction of sp³-hybridized carbons (Fsp3) is 0.238. The number of nitrogens with zero attached hydrogens (tertiary/aromatic N) is 1. The highest BCUT2D eigenvalue weighted by Crippen LogP contribution is 2.36. The molecule has 2 aromatic carbocycles. The number of halogens is 1. The molecular weight excluding hydrogens is 345 g/mol. The van der Waals surface area contributed by atoms with Gasteiger partial charge in [-0.3, -0.25) is 14.2 Å². The van der Waals surface area contributed by atoms with Crippen molar-refractivity contribution in [2.45, 2.75) is 27.2 Å². The van der Waals surface area contributed by atoms with E-state index < -0.39 is 11.7 Å². The average Bonchev–Trinajstić information content (AvgIpc) is 2.84. The normalized spacial score (nSPS) is 11.3. The maximum absolute atomic E-state index is 13.9. The van der Waals surface area contributed by atoms with Gasteiger partial charge >= 0.3 is 0 Å². The van der Waals surface area contributed by atoms with E-state index in [1.54, 1.807) is 28.8 Å². The number of nitrogens with two attached hydrogens (primary N) is 2. The first-order valence-electron chi connectivity index (χ1n) is 8.74. The van der Waals surface area contributed by atoms with Gasteiger partial charge in [0.1, 0.15) is 5.82 Å². The molecule has 0 aliphatic heterocycles. The molecule has 0 saturated carbocycles. The van der Waals surface area contributed by atoms with Gasteiger partial charge < -0.3 is 11.5 Å². The van der Waals surface area contributed by atoms with Crippen LogP contribution in [-0.4, -0.2) is 16.4 Å². The summed E-state index contributed by atoms with van der Waals surface area (Å²) in [5.74, 6) is -0.927. The quantitative estimate of drug-likeness (QED) is 0.680. The number of carbonyl (C=O) groups is 2. The lowest BCUT2D eigenvalue weighted by atomic mass is 9.99. The first kappa shape index (κ1) is 18.6. The van der Waals surface area contributed by atoms with Gasteiger partial charge in [-0.05, 0) is 48.7 Å². The van der Waals surface area contributed by atoms with E-state index in [4.69, 9.17) is 11.5 Å². The van der Waals surface area contributed by atoms with Crippen LogP contribution in [0.1, 0.15) is 41.1 Å². The van der Waals surface area contributed by atoms with Crippen molar-refractivity contribution < 1.29 is 14.0 Å². The zero-order valence-electron chi connectivity index (χ0n) is 15.5. The summed E-state index contributed by atoms with van der Waals surface area (Å²) in [4.78, 5) is 24.2. The van der Waals surface area contributed by atoms with E-state index >= 15 is 0 Å². The summed E-state index contributed by atoms with van der Waals surface area (Å²) in [5.41, 5.74) is 14.5. The Morgan fingerprint density at radius 3 is 2.44 bits per heavy atom. The van der Waals surface area contributed by atoms with Crippen LogP contribution in [0, 0.1) is 18.7 Å². The van der Waals surface area contributed by atoms with Gasteiger partial charge in [-0.2, -0.15) is 0 Å². The zero-order chi connectivity index (χ0) is 19.9. The third-order valence-corrected chi connectivity index (χ3v) is 4.61. The number of hydrogen-bond acceptors (Lipinski definition) is 3. The molecule has 0 radical (unpaired) electrons. The number of nitrogen functional groups attached to an aromatic ring is 1. The molecule has 6 heteroatoms. The van der Waals surface area contributed by atoms with Crippen molar-refractivity contribution in [1.82, 2.24) is 4.57 Å². The highest BCUT2D eigenvalue weighted by Gasteiger charge is 2.21. The van der Waals surface area contributed by atoms with Gasteiger partial charge in [0, 0.05) is 28.8 Å². The SMILES string of the molecule is Cc1c(-c2ccc(C(N)=O)c(N)c2)c2ccc(F)cc2n1C(=O)CC(C)C. The second kappa shape index (κ2) is 6.87. The van der Waals surface area contributed by atoms with Gasteiger partial charge in [-0.25, -0.2) is 4.39 Å². The maximum atomic E-state index is 13.9. The van der Waals surface area contributed by atoms with Crippen molar-refractivity contribution in [1.29, 1.82) is 0 Å². The molecule has 0 unspecified atom stereocenters. The minimum absolute atomic E-state index is 0.0916. The van der Waals surface area contributed by atoms with Crippen LogP contribution >= 0.6 is 0 Å². The number of benzene rings is 2. The fourth-order valence-corrected chi connectivity index (χ4v) is 3.46. The van der Waals surface area contributed by atoms with E-state index in [0.29, 0.717) is 17.6 Å². The molecule has 0 saturated heterocycles. The molecule has 0 fully saturated rings. The molecule has 0 spiro atoms. The van der Waals surface area contributed by atoms with E-state index in [9.17, 15) is 14.0 Å². The molecule has 27 heavy (non-hydrogen) atoms. The molecule has 4 N–H and O–H groups in total. The molecular formula is C21H22FN3O2. The number of primary amides is 1. The second-order valence-electron chi connectivity index (χ2n) is 7.12. The van der Waals surface area contributed by atoms with Gasteiger partial charge in [0.15, 0.2) is 0 Å². The Labute approximate surface area is 156 Å². The van der Waals surface area contributed by atoms with Crippen molar-refractivity contribution in [3.8, 4) is 11.1 Å². The summed E-state index contributed by atoms with van der Waals surface area (Å²) in [7, 11) is 0. The fourth-order valence-electron chi connectivity index (χ4n) is 3.46. The molecule has 3 rings (SSSR count). The average molecular weight is 367 g/mol. The molecule has 1 heterocycles. The van der Waals surface area contributed by atoms with Crippen molar-refractivity contribution in [3.63, 3.8) is 0 Å². The predicted octanol–water partition coefficient (Wildman–Crippen LogP) is 4.12. The Morgan fingerprint density at radius 2 is 1.85 bits per heavy atom. The Bertz CT molecular complexity index is 1070. The summed E-state index contributed by atoms with van der Waals surface area (Å²) >= 11 is 0. The summed E-state index contributed by atoms with van der Waals surface area (Å²) < 4.78 is 15.5. The topological polar surface area (TPSA) is 91.1 Å². The largest absolute Gasteiger partial charge is 0.398 e. The number of fused-ring (bicyclic) bond motifs is 1. The van der Waals surface area contributed by atoms with Gasteiger partial charge in [0.2, 0.25) is 5.91 Å². The summed E-state index contributed by atoms with van der Waals surface area (Å²) in [6.07, 6.45) is 0.351. The Balaban J connectivity index is 2.28. The molecule has 0 atom stereocenters. The number of aromatic nitrogens is 1.